The zero-order valence-electron chi connectivity index (χ0n) is 9.87. The standard InChI is InChI=1S/C9H15N5O3/c1-3-4-13(6-9(16)17-2)8(15)5-14-7-10-11-12-14/h7H,3-6H2,1-2H3. The second-order valence-corrected chi connectivity index (χ2v) is 3.40. The molecule has 0 fully saturated rings. The minimum absolute atomic E-state index is 0.0179. The molecule has 0 N–H and O–H groups in total. The van der Waals surface area contributed by atoms with Crippen molar-refractivity contribution in [1.82, 2.24) is 25.1 Å². The third-order valence-corrected chi connectivity index (χ3v) is 2.08. The summed E-state index contributed by atoms with van der Waals surface area (Å²) in [5.74, 6) is -0.659. The van der Waals surface area contributed by atoms with Crippen molar-refractivity contribution in [2.75, 3.05) is 20.2 Å². The molecule has 0 bridgehead atoms. The largest absolute Gasteiger partial charge is 0.468 e. The van der Waals surface area contributed by atoms with E-state index in [-0.39, 0.29) is 19.0 Å². The maximum absolute atomic E-state index is 11.9. The number of hydrogen-bond donors (Lipinski definition) is 0. The molecule has 0 saturated carbocycles. The van der Waals surface area contributed by atoms with E-state index in [2.05, 4.69) is 20.3 Å². The number of ether oxygens (including phenoxy) is 1. The van der Waals surface area contributed by atoms with Gasteiger partial charge in [0.05, 0.1) is 7.11 Å². The Labute approximate surface area is 98.5 Å². The van der Waals surface area contributed by atoms with Gasteiger partial charge in [0.15, 0.2) is 0 Å². The average molecular weight is 241 g/mol. The molecule has 1 heterocycles. The van der Waals surface area contributed by atoms with E-state index < -0.39 is 5.97 Å². The van der Waals surface area contributed by atoms with Crippen molar-refractivity contribution in [2.45, 2.75) is 19.9 Å². The fourth-order valence-electron chi connectivity index (χ4n) is 1.27. The normalized spacial score (nSPS) is 10.0. The smallest absolute Gasteiger partial charge is 0.325 e. The van der Waals surface area contributed by atoms with Gasteiger partial charge in [-0.05, 0) is 16.8 Å². The molecule has 0 atom stereocenters. The van der Waals surface area contributed by atoms with E-state index in [9.17, 15) is 9.59 Å². The Morgan fingerprint density at radius 1 is 1.47 bits per heavy atom. The molecule has 1 aromatic heterocycles. The Balaban J connectivity index is 2.56. The van der Waals surface area contributed by atoms with E-state index in [1.165, 1.54) is 23.0 Å². The summed E-state index contributed by atoms with van der Waals surface area (Å²) in [4.78, 5) is 24.4. The van der Waals surface area contributed by atoms with Gasteiger partial charge in [0.1, 0.15) is 19.4 Å². The molecule has 0 aromatic carbocycles. The van der Waals surface area contributed by atoms with Crippen LogP contribution in [0.25, 0.3) is 0 Å². The van der Waals surface area contributed by atoms with Crippen molar-refractivity contribution in [1.29, 1.82) is 0 Å². The third-order valence-electron chi connectivity index (χ3n) is 2.08. The summed E-state index contributed by atoms with van der Waals surface area (Å²) < 4.78 is 5.84. The van der Waals surface area contributed by atoms with Crippen LogP contribution in [0.4, 0.5) is 0 Å². The van der Waals surface area contributed by atoms with Crippen LogP contribution in [0.5, 0.6) is 0 Å². The van der Waals surface area contributed by atoms with E-state index in [4.69, 9.17) is 0 Å². The predicted molar refractivity (Wildman–Crippen MR) is 56.7 cm³/mol. The van der Waals surface area contributed by atoms with E-state index in [1.54, 1.807) is 0 Å². The van der Waals surface area contributed by atoms with E-state index in [0.717, 1.165) is 6.42 Å². The topological polar surface area (TPSA) is 90.2 Å². The molecule has 0 saturated heterocycles. The predicted octanol–water partition coefficient (Wildman–Crippen LogP) is -0.915. The summed E-state index contributed by atoms with van der Waals surface area (Å²) >= 11 is 0. The summed E-state index contributed by atoms with van der Waals surface area (Å²) in [5, 5.41) is 10.4. The van der Waals surface area contributed by atoms with E-state index >= 15 is 0 Å². The van der Waals surface area contributed by atoms with Gasteiger partial charge in [-0.3, -0.25) is 9.59 Å². The number of amides is 1. The first-order valence-corrected chi connectivity index (χ1v) is 5.22. The Bertz CT molecular complexity index is 365. The van der Waals surface area contributed by atoms with Gasteiger partial charge in [-0.15, -0.1) is 5.10 Å². The van der Waals surface area contributed by atoms with Crippen molar-refractivity contribution in [3.63, 3.8) is 0 Å². The molecule has 0 aliphatic carbocycles. The Kier molecular flexibility index (Phi) is 5.05. The highest BCUT2D eigenvalue weighted by atomic mass is 16.5. The van der Waals surface area contributed by atoms with Crippen molar-refractivity contribution in [3.05, 3.63) is 6.33 Å². The van der Waals surface area contributed by atoms with Crippen LogP contribution in [0.15, 0.2) is 6.33 Å². The van der Waals surface area contributed by atoms with Gasteiger partial charge in [0.25, 0.3) is 0 Å². The molecule has 0 radical (unpaired) electrons. The monoisotopic (exact) mass is 241 g/mol. The highest BCUT2D eigenvalue weighted by Crippen LogP contribution is 1.96. The minimum Gasteiger partial charge on any atom is -0.468 e. The lowest BCUT2D eigenvalue weighted by Crippen LogP contribution is -2.38. The summed E-state index contributed by atoms with van der Waals surface area (Å²) in [5.41, 5.74) is 0. The van der Waals surface area contributed by atoms with Crippen LogP contribution in [-0.2, 0) is 20.9 Å². The molecule has 94 valence electrons. The summed E-state index contributed by atoms with van der Waals surface area (Å²) in [7, 11) is 1.29. The number of carbonyl (C=O) groups excluding carboxylic acids is 2. The molecule has 8 heteroatoms. The minimum atomic E-state index is -0.441. The Morgan fingerprint density at radius 2 is 2.24 bits per heavy atom. The van der Waals surface area contributed by atoms with Crippen molar-refractivity contribution >= 4 is 11.9 Å². The van der Waals surface area contributed by atoms with Crippen molar-refractivity contribution < 1.29 is 14.3 Å². The molecule has 8 nitrogen and oxygen atoms in total. The molecule has 0 unspecified atom stereocenters. The molecule has 1 amide bonds. The Hall–Kier alpha value is -1.99. The van der Waals surface area contributed by atoms with Gasteiger partial charge in [-0.25, -0.2) is 4.68 Å². The van der Waals surface area contributed by atoms with Gasteiger partial charge in [0, 0.05) is 6.54 Å². The summed E-state index contributed by atoms with van der Waals surface area (Å²) in [6, 6.07) is 0. The quantitative estimate of drug-likeness (QED) is 0.598. The lowest BCUT2D eigenvalue weighted by molar-refractivity contribution is -0.147. The van der Waals surface area contributed by atoms with Gasteiger partial charge < -0.3 is 9.64 Å². The van der Waals surface area contributed by atoms with Crippen molar-refractivity contribution in [3.8, 4) is 0 Å². The van der Waals surface area contributed by atoms with Crippen LogP contribution in [0.1, 0.15) is 13.3 Å². The first-order valence-electron chi connectivity index (χ1n) is 5.22. The molecule has 0 aliphatic rings. The zero-order valence-corrected chi connectivity index (χ0v) is 9.87. The highest BCUT2D eigenvalue weighted by molar-refractivity contribution is 5.81. The number of nitrogens with zero attached hydrogens (tertiary/aromatic N) is 5. The molecule has 1 aromatic rings. The lowest BCUT2D eigenvalue weighted by atomic mass is 10.3. The number of aromatic nitrogens is 4. The van der Waals surface area contributed by atoms with Gasteiger partial charge in [-0.1, -0.05) is 6.92 Å². The SMILES string of the molecule is CCCN(CC(=O)OC)C(=O)Cn1cnnn1. The van der Waals surface area contributed by atoms with Crippen LogP contribution in [-0.4, -0.2) is 57.2 Å². The fourth-order valence-corrected chi connectivity index (χ4v) is 1.27. The second-order valence-electron chi connectivity index (χ2n) is 3.40. The average Bonchev–Trinajstić information content (AvgIpc) is 2.81. The van der Waals surface area contributed by atoms with E-state index in [0.29, 0.717) is 6.54 Å². The third kappa shape index (κ3) is 4.17. The first kappa shape index (κ1) is 13.1. The lowest BCUT2D eigenvalue weighted by Gasteiger charge is -2.20. The van der Waals surface area contributed by atoms with E-state index in [1.807, 2.05) is 6.92 Å². The molecular formula is C9H15N5O3. The van der Waals surface area contributed by atoms with Crippen LogP contribution in [0, 0.1) is 0 Å². The maximum atomic E-state index is 11.9. The number of methoxy groups -OCH3 is 1. The summed E-state index contributed by atoms with van der Waals surface area (Å²) in [6.07, 6.45) is 2.11. The zero-order chi connectivity index (χ0) is 12.7. The first-order chi connectivity index (χ1) is 8.17. The molecule has 17 heavy (non-hydrogen) atoms. The molecule has 0 spiro atoms. The van der Waals surface area contributed by atoms with Crippen LogP contribution >= 0.6 is 0 Å². The maximum Gasteiger partial charge on any atom is 0.325 e. The Morgan fingerprint density at radius 3 is 2.76 bits per heavy atom. The van der Waals surface area contributed by atoms with Crippen LogP contribution in [0.2, 0.25) is 0 Å². The number of rotatable bonds is 6. The number of tetrazole rings is 1. The van der Waals surface area contributed by atoms with Crippen molar-refractivity contribution in [2.24, 2.45) is 0 Å². The van der Waals surface area contributed by atoms with Crippen LogP contribution in [0.3, 0.4) is 0 Å². The molecule has 1 rings (SSSR count). The van der Waals surface area contributed by atoms with Gasteiger partial charge in [-0.2, -0.15) is 0 Å². The van der Waals surface area contributed by atoms with Crippen LogP contribution < -0.4 is 0 Å². The molecular weight excluding hydrogens is 226 g/mol. The highest BCUT2D eigenvalue weighted by Gasteiger charge is 2.17. The van der Waals surface area contributed by atoms with Gasteiger partial charge in [0.2, 0.25) is 5.91 Å². The number of esters is 1. The molecule has 0 aliphatic heterocycles. The second kappa shape index (κ2) is 6.56. The summed E-state index contributed by atoms with van der Waals surface area (Å²) in [6.45, 7) is 2.39. The number of carbonyl (C=O) groups is 2. The fraction of sp³-hybridized carbons (Fsp3) is 0.667. The van der Waals surface area contributed by atoms with Gasteiger partial charge >= 0.3 is 5.97 Å². The number of hydrogen-bond acceptors (Lipinski definition) is 6.